The highest BCUT2D eigenvalue weighted by atomic mass is 16.5. The van der Waals surface area contributed by atoms with Crippen molar-refractivity contribution in [1.82, 2.24) is 10.3 Å². The van der Waals surface area contributed by atoms with E-state index in [9.17, 15) is 5.11 Å². The van der Waals surface area contributed by atoms with Gasteiger partial charge in [0.2, 0.25) is 5.88 Å². The van der Waals surface area contributed by atoms with E-state index in [0.29, 0.717) is 5.88 Å². The molecule has 0 saturated carbocycles. The van der Waals surface area contributed by atoms with E-state index >= 15 is 0 Å². The number of nitrogens with one attached hydrogen (secondary N) is 1. The maximum Gasteiger partial charge on any atom is 0.213 e. The van der Waals surface area contributed by atoms with Gasteiger partial charge in [-0.15, -0.1) is 0 Å². The molecular weight excluding hydrogens is 252 g/mol. The highest BCUT2D eigenvalue weighted by molar-refractivity contribution is 5.19. The lowest BCUT2D eigenvalue weighted by Crippen LogP contribution is -2.26. The van der Waals surface area contributed by atoms with Gasteiger partial charge in [-0.05, 0) is 11.6 Å². The molecular formula is C16H20N2O2. The molecule has 1 heterocycles. The SMILES string of the molecule is COc1cccc(CCN[C@H](CO)c2ccccc2)n1. The predicted molar refractivity (Wildman–Crippen MR) is 78.8 cm³/mol. The number of ether oxygens (including phenoxy) is 1. The molecule has 0 saturated heterocycles. The molecule has 4 nitrogen and oxygen atoms in total. The summed E-state index contributed by atoms with van der Waals surface area (Å²) < 4.78 is 5.10. The molecule has 0 fully saturated rings. The average molecular weight is 272 g/mol. The van der Waals surface area contributed by atoms with Crippen molar-refractivity contribution in [2.75, 3.05) is 20.3 Å². The van der Waals surface area contributed by atoms with Crippen molar-refractivity contribution >= 4 is 0 Å². The van der Waals surface area contributed by atoms with Crippen LogP contribution in [0.25, 0.3) is 0 Å². The molecule has 4 heteroatoms. The van der Waals surface area contributed by atoms with Gasteiger partial charge in [-0.25, -0.2) is 4.98 Å². The number of rotatable bonds is 7. The van der Waals surface area contributed by atoms with Gasteiger partial charge in [-0.3, -0.25) is 0 Å². The van der Waals surface area contributed by atoms with E-state index in [1.54, 1.807) is 7.11 Å². The Bertz CT molecular complexity index is 517. The Morgan fingerprint density at radius 2 is 1.95 bits per heavy atom. The first-order valence-electron chi connectivity index (χ1n) is 6.72. The van der Waals surface area contributed by atoms with Crippen molar-refractivity contribution in [3.63, 3.8) is 0 Å². The van der Waals surface area contributed by atoms with Gasteiger partial charge in [0, 0.05) is 24.7 Å². The maximum atomic E-state index is 9.46. The Morgan fingerprint density at radius 3 is 2.65 bits per heavy atom. The first-order valence-corrected chi connectivity index (χ1v) is 6.72. The molecule has 20 heavy (non-hydrogen) atoms. The van der Waals surface area contributed by atoms with Crippen molar-refractivity contribution in [3.8, 4) is 5.88 Å². The second-order valence-corrected chi connectivity index (χ2v) is 4.52. The van der Waals surface area contributed by atoms with Crippen molar-refractivity contribution in [2.45, 2.75) is 12.5 Å². The minimum absolute atomic E-state index is 0.0400. The average Bonchev–Trinajstić information content (AvgIpc) is 2.52. The lowest BCUT2D eigenvalue weighted by molar-refractivity contribution is 0.245. The van der Waals surface area contributed by atoms with Gasteiger partial charge in [0.05, 0.1) is 19.8 Å². The molecule has 0 bridgehead atoms. The van der Waals surface area contributed by atoms with Crippen LogP contribution in [-0.2, 0) is 6.42 Å². The minimum Gasteiger partial charge on any atom is -0.481 e. The van der Waals surface area contributed by atoms with Crippen LogP contribution in [0, 0.1) is 0 Å². The summed E-state index contributed by atoms with van der Waals surface area (Å²) in [7, 11) is 1.61. The number of pyridine rings is 1. The molecule has 0 aliphatic rings. The molecule has 0 aliphatic carbocycles. The molecule has 0 amide bonds. The normalized spacial score (nSPS) is 12.1. The van der Waals surface area contributed by atoms with E-state index in [2.05, 4.69) is 10.3 Å². The zero-order chi connectivity index (χ0) is 14.2. The zero-order valence-corrected chi connectivity index (χ0v) is 11.6. The van der Waals surface area contributed by atoms with Gasteiger partial charge in [-0.1, -0.05) is 36.4 Å². The van der Waals surface area contributed by atoms with Gasteiger partial charge in [0.15, 0.2) is 0 Å². The highest BCUT2D eigenvalue weighted by Gasteiger charge is 2.08. The first-order chi connectivity index (χ1) is 9.83. The molecule has 2 aromatic rings. The standard InChI is InChI=1S/C16H20N2O2/c1-20-16-9-5-8-14(18-16)10-11-17-15(12-19)13-6-3-2-4-7-13/h2-9,15,17,19H,10-12H2,1H3/t15-/m1/s1. The molecule has 0 radical (unpaired) electrons. The Kier molecular flexibility index (Phi) is 5.53. The Morgan fingerprint density at radius 1 is 1.15 bits per heavy atom. The van der Waals surface area contributed by atoms with Crippen molar-refractivity contribution in [2.24, 2.45) is 0 Å². The van der Waals surface area contributed by atoms with Crippen LogP contribution >= 0.6 is 0 Å². The van der Waals surface area contributed by atoms with Gasteiger partial charge < -0.3 is 15.2 Å². The summed E-state index contributed by atoms with van der Waals surface area (Å²) >= 11 is 0. The van der Waals surface area contributed by atoms with Crippen molar-refractivity contribution in [3.05, 3.63) is 59.8 Å². The zero-order valence-electron chi connectivity index (χ0n) is 11.6. The largest absolute Gasteiger partial charge is 0.481 e. The van der Waals surface area contributed by atoms with E-state index in [1.807, 2.05) is 48.5 Å². The van der Waals surface area contributed by atoms with Crippen LogP contribution in [0.5, 0.6) is 5.88 Å². The third kappa shape index (κ3) is 4.05. The summed E-state index contributed by atoms with van der Waals surface area (Å²) in [5.41, 5.74) is 2.07. The fourth-order valence-corrected chi connectivity index (χ4v) is 2.06. The summed E-state index contributed by atoms with van der Waals surface area (Å²) in [6.07, 6.45) is 0.792. The molecule has 2 N–H and O–H groups in total. The quantitative estimate of drug-likeness (QED) is 0.809. The van der Waals surface area contributed by atoms with E-state index < -0.39 is 0 Å². The van der Waals surface area contributed by atoms with Crippen LogP contribution in [-0.4, -0.2) is 30.4 Å². The number of methoxy groups -OCH3 is 1. The smallest absolute Gasteiger partial charge is 0.213 e. The number of hydrogen-bond donors (Lipinski definition) is 2. The number of aliphatic hydroxyl groups excluding tert-OH is 1. The number of aromatic nitrogens is 1. The third-order valence-electron chi connectivity index (χ3n) is 3.15. The summed E-state index contributed by atoms with van der Waals surface area (Å²) in [6.45, 7) is 0.829. The molecule has 0 spiro atoms. The fraction of sp³-hybridized carbons (Fsp3) is 0.312. The lowest BCUT2D eigenvalue weighted by Gasteiger charge is -2.16. The molecule has 0 unspecified atom stereocenters. The lowest BCUT2D eigenvalue weighted by atomic mass is 10.1. The topological polar surface area (TPSA) is 54.4 Å². The van der Waals surface area contributed by atoms with Crippen LogP contribution in [0.4, 0.5) is 0 Å². The fourth-order valence-electron chi connectivity index (χ4n) is 2.06. The van der Waals surface area contributed by atoms with Crippen LogP contribution < -0.4 is 10.1 Å². The van der Waals surface area contributed by atoms with Crippen LogP contribution in [0.1, 0.15) is 17.3 Å². The second kappa shape index (κ2) is 7.62. The van der Waals surface area contributed by atoms with Crippen LogP contribution in [0.3, 0.4) is 0 Å². The number of aliphatic hydroxyl groups is 1. The van der Waals surface area contributed by atoms with Crippen molar-refractivity contribution < 1.29 is 9.84 Å². The summed E-state index contributed by atoms with van der Waals surface area (Å²) in [4.78, 5) is 4.36. The summed E-state index contributed by atoms with van der Waals surface area (Å²) in [5, 5.41) is 12.8. The molecule has 2 rings (SSSR count). The second-order valence-electron chi connectivity index (χ2n) is 4.52. The van der Waals surface area contributed by atoms with E-state index in [4.69, 9.17) is 4.74 Å². The molecule has 1 atom stereocenters. The maximum absolute atomic E-state index is 9.46. The van der Waals surface area contributed by atoms with E-state index in [0.717, 1.165) is 24.2 Å². The third-order valence-corrected chi connectivity index (χ3v) is 3.15. The van der Waals surface area contributed by atoms with E-state index in [1.165, 1.54) is 0 Å². The molecule has 1 aromatic carbocycles. The predicted octanol–water partition coefficient (Wildman–Crippen LogP) is 1.96. The van der Waals surface area contributed by atoms with Gasteiger partial charge in [0.25, 0.3) is 0 Å². The number of hydrogen-bond acceptors (Lipinski definition) is 4. The minimum atomic E-state index is -0.0400. The van der Waals surface area contributed by atoms with Gasteiger partial charge in [0.1, 0.15) is 0 Å². The Labute approximate surface area is 119 Å². The first kappa shape index (κ1) is 14.5. The Balaban J connectivity index is 1.88. The molecule has 0 aliphatic heterocycles. The Hall–Kier alpha value is -1.91. The van der Waals surface area contributed by atoms with Crippen LogP contribution in [0.15, 0.2) is 48.5 Å². The van der Waals surface area contributed by atoms with Gasteiger partial charge >= 0.3 is 0 Å². The van der Waals surface area contributed by atoms with Crippen LogP contribution in [0.2, 0.25) is 0 Å². The number of benzene rings is 1. The number of nitrogens with zero attached hydrogens (tertiary/aromatic N) is 1. The molecule has 106 valence electrons. The van der Waals surface area contributed by atoms with Gasteiger partial charge in [-0.2, -0.15) is 0 Å². The monoisotopic (exact) mass is 272 g/mol. The highest BCUT2D eigenvalue weighted by Crippen LogP contribution is 2.12. The van der Waals surface area contributed by atoms with Crippen molar-refractivity contribution in [1.29, 1.82) is 0 Å². The van der Waals surface area contributed by atoms with E-state index in [-0.39, 0.29) is 12.6 Å². The summed E-state index contributed by atoms with van der Waals surface area (Å²) in [6, 6.07) is 15.6. The molecule has 1 aromatic heterocycles. The summed E-state index contributed by atoms with van der Waals surface area (Å²) in [5.74, 6) is 0.629.